The van der Waals surface area contributed by atoms with Crippen LogP contribution in [0.3, 0.4) is 0 Å². The van der Waals surface area contributed by atoms with Crippen molar-refractivity contribution in [2.24, 2.45) is 10.7 Å². The molecule has 2 aliphatic heterocycles. The van der Waals surface area contributed by atoms with E-state index < -0.39 is 5.91 Å². The Balaban J connectivity index is 2.21. The summed E-state index contributed by atoms with van der Waals surface area (Å²) < 4.78 is 5.17. The molecule has 5 heteroatoms. The number of rotatable bonds is 1. The van der Waals surface area contributed by atoms with Crippen LogP contribution in [0.4, 0.5) is 0 Å². The van der Waals surface area contributed by atoms with Crippen LogP contribution in [0.15, 0.2) is 29.1 Å². The SMILES string of the molecule is NC(=O)C1=CC2NC=COC2N=C1. The van der Waals surface area contributed by atoms with Crippen molar-refractivity contribution in [1.82, 2.24) is 5.32 Å². The van der Waals surface area contributed by atoms with Crippen LogP contribution in [-0.2, 0) is 9.53 Å². The normalized spacial score (nSPS) is 29.7. The van der Waals surface area contributed by atoms with Gasteiger partial charge in [0.15, 0.2) is 0 Å². The van der Waals surface area contributed by atoms with Gasteiger partial charge in [0.25, 0.3) is 0 Å². The Morgan fingerprint density at radius 2 is 2.54 bits per heavy atom. The summed E-state index contributed by atoms with van der Waals surface area (Å²) in [5.41, 5.74) is 5.51. The van der Waals surface area contributed by atoms with Gasteiger partial charge in [0.1, 0.15) is 12.3 Å². The lowest BCUT2D eigenvalue weighted by molar-refractivity contribution is -0.114. The summed E-state index contributed by atoms with van der Waals surface area (Å²) in [6.45, 7) is 0. The maximum atomic E-state index is 10.8. The first-order chi connectivity index (χ1) is 6.27. The minimum atomic E-state index is -0.474. The summed E-state index contributed by atoms with van der Waals surface area (Å²) in [7, 11) is 0. The molecule has 0 spiro atoms. The molecular formula is C8H9N3O2. The second-order valence-corrected chi connectivity index (χ2v) is 2.79. The first-order valence-electron chi connectivity index (χ1n) is 3.89. The van der Waals surface area contributed by atoms with E-state index in [2.05, 4.69) is 10.3 Å². The van der Waals surface area contributed by atoms with Crippen molar-refractivity contribution in [1.29, 1.82) is 0 Å². The number of carbonyl (C=O) groups is 1. The molecule has 0 aromatic rings. The monoisotopic (exact) mass is 179 g/mol. The minimum Gasteiger partial charge on any atom is -0.472 e. The number of fused-ring (bicyclic) bond motifs is 1. The number of aliphatic imine (C=N–C) groups is 1. The standard InChI is InChI=1S/C8H9N3O2/c9-7(12)5-3-6-8(11-4-5)13-2-1-10-6/h1-4,6,8,10H,(H2,9,12). The Bertz CT molecular complexity index is 319. The summed E-state index contributed by atoms with van der Waals surface area (Å²) in [5, 5.41) is 3.00. The predicted molar refractivity (Wildman–Crippen MR) is 46.7 cm³/mol. The fourth-order valence-corrected chi connectivity index (χ4v) is 1.23. The minimum absolute atomic E-state index is 0.0995. The second kappa shape index (κ2) is 2.93. The smallest absolute Gasteiger partial charge is 0.250 e. The van der Waals surface area contributed by atoms with Crippen molar-refractivity contribution in [3.8, 4) is 0 Å². The zero-order valence-electron chi connectivity index (χ0n) is 6.81. The molecule has 1 amide bonds. The van der Waals surface area contributed by atoms with Crippen molar-refractivity contribution in [3.05, 3.63) is 24.1 Å². The molecule has 5 nitrogen and oxygen atoms in total. The number of hydrogen-bond donors (Lipinski definition) is 2. The number of dihydropyridines is 1. The summed E-state index contributed by atoms with van der Waals surface area (Å²) in [5.74, 6) is -0.474. The average molecular weight is 179 g/mol. The molecule has 2 heterocycles. The highest BCUT2D eigenvalue weighted by Crippen LogP contribution is 2.13. The van der Waals surface area contributed by atoms with E-state index >= 15 is 0 Å². The van der Waals surface area contributed by atoms with Gasteiger partial charge < -0.3 is 15.8 Å². The lowest BCUT2D eigenvalue weighted by Crippen LogP contribution is -2.41. The third-order valence-corrected chi connectivity index (χ3v) is 1.89. The van der Waals surface area contributed by atoms with Crippen LogP contribution in [0.25, 0.3) is 0 Å². The number of ether oxygens (including phenoxy) is 1. The molecule has 0 radical (unpaired) electrons. The summed E-state index contributed by atoms with van der Waals surface area (Å²) in [6.07, 6.45) is 6.06. The molecule has 0 aromatic heterocycles. The number of nitrogens with one attached hydrogen (secondary N) is 1. The van der Waals surface area contributed by atoms with Gasteiger partial charge in [0.2, 0.25) is 12.1 Å². The van der Waals surface area contributed by atoms with Gasteiger partial charge in [-0.05, 0) is 6.08 Å². The number of nitrogens with two attached hydrogens (primary N) is 1. The summed E-state index contributed by atoms with van der Waals surface area (Å²) in [6, 6.07) is -0.0995. The van der Waals surface area contributed by atoms with E-state index in [0.29, 0.717) is 5.57 Å². The topological polar surface area (TPSA) is 76.7 Å². The molecule has 0 saturated heterocycles. The van der Waals surface area contributed by atoms with Crippen molar-refractivity contribution < 1.29 is 9.53 Å². The Morgan fingerprint density at radius 3 is 3.31 bits per heavy atom. The third-order valence-electron chi connectivity index (χ3n) is 1.89. The van der Waals surface area contributed by atoms with Crippen LogP contribution < -0.4 is 11.1 Å². The molecule has 68 valence electrons. The Labute approximate surface area is 75.0 Å². The van der Waals surface area contributed by atoms with Crippen molar-refractivity contribution in [2.45, 2.75) is 12.3 Å². The molecular weight excluding hydrogens is 170 g/mol. The molecule has 0 fully saturated rings. The third kappa shape index (κ3) is 1.40. The summed E-state index contributed by atoms with van der Waals surface area (Å²) in [4.78, 5) is 14.8. The average Bonchev–Trinajstić information content (AvgIpc) is 2.17. The maximum Gasteiger partial charge on any atom is 0.250 e. The Kier molecular flexibility index (Phi) is 1.77. The molecule has 0 aromatic carbocycles. The van der Waals surface area contributed by atoms with Gasteiger partial charge in [-0.2, -0.15) is 0 Å². The number of carbonyl (C=O) groups excluding carboxylic acids is 1. The van der Waals surface area contributed by atoms with Gasteiger partial charge in [0.05, 0.1) is 5.57 Å². The van der Waals surface area contributed by atoms with Crippen LogP contribution in [0.5, 0.6) is 0 Å². The molecule has 2 atom stereocenters. The fourth-order valence-electron chi connectivity index (χ4n) is 1.23. The van der Waals surface area contributed by atoms with Crippen LogP contribution in [0.2, 0.25) is 0 Å². The molecule has 2 aliphatic rings. The van der Waals surface area contributed by atoms with Gasteiger partial charge in [-0.25, -0.2) is 4.99 Å². The first kappa shape index (κ1) is 7.85. The highest BCUT2D eigenvalue weighted by molar-refractivity contribution is 6.11. The van der Waals surface area contributed by atoms with Crippen molar-refractivity contribution >= 4 is 12.1 Å². The van der Waals surface area contributed by atoms with Gasteiger partial charge in [-0.3, -0.25) is 4.79 Å². The fraction of sp³-hybridized carbons (Fsp3) is 0.250. The Morgan fingerprint density at radius 1 is 1.69 bits per heavy atom. The van der Waals surface area contributed by atoms with Gasteiger partial charge in [0, 0.05) is 12.4 Å². The van der Waals surface area contributed by atoms with Crippen LogP contribution in [0, 0.1) is 0 Å². The van der Waals surface area contributed by atoms with E-state index in [9.17, 15) is 4.79 Å². The maximum absolute atomic E-state index is 10.8. The zero-order chi connectivity index (χ0) is 9.26. The Hall–Kier alpha value is -1.78. The lowest BCUT2D eigenvalue weighted by Gasteiger charge is -2.27. The largest absolute Gasteiger partial charge is 0.472 e. The number of amides is 1. The molecule has 2 rings (SSSR count). The predicted octanol–water partition coefficient (Wildman–Crippen LogP) is -0.732. The van der Waals surface area contributed by atoms with Gasteiger partial charge in [-0.15, -0.1) is 0 Å². The number of primary amides is 1. The number of hydrogen-bond acceptors (Lipinski definition) is 4. The highest BCUT2D eigenvalue weighted by Gasteiger charge is 2.25. The van der Waals surface area contributed by atoms with E-state index in [4.69, 9.17) is 10.5 Å². The molecule has 0 aliphatic carbocycles. The van der Waals surface area contributed by atoms with Crippen molar-refractivity contribution in [2.75, 3.05) is 0 Å². The van der Waals surface area contributed by atoms with E-state index in [0.717, 1.165) is 0 Å². The van der Waals surface area contributed by atoms with Gasteiger partial charge in [-0.1, -0.05) is 0 Å². The van der Waals surface area contributed by atoms with Crippen LogP contribution >= 0.6 is 0 Å². The van der Waals surface area contributed by atoms with Crippen LogP contribution in [0.1, 0.15) is 0 Å². The molecule has 0 saturated carbocycles. The molecule has 13 heavy (non-hydrogen) atoms. The second-order valence-electron chi connectivity index (χ2n) is 2.79. The zero-order valence-corrected chi connectivity index (χ0v) is 6.81. The molecule has 3 N–H and O–H groups in total. The molecule has 0 bridgehead atoms. The van der Waals surface area contributed by atoms with E-state index in [-0.39, 0.29) is 12.3 Å². The molecule has 2 unspecified atom stereocenters. The first-order valence-corrected chi connectivity index (χ1v) is 3.89. The van der Waals surface area contributed by atoms with E-state index in [1.54, 1.807) is 12.3 Å². The highest BCUT2D eigenvalue weighted by atomic mass is 16.5. The van der Waals surface area contributed by atoms with Crippen LogP contribution in [-0.4, -0.2) is 24.4 Å². The van der Waals surface area contributed by atoms with Gasteiger partial charge >= 0.3 is 0 Å². The quantitative estimate of drug-likeness (QED) is 0.557. The van der Waals surface area contributed by atoms with Crippen molar-refractivity contribution in [3.63, 3.8) is 0 Å². The summed E-state index contributed by atoms with van der Waals surface area (Å²) >= 11 is 0. The van der Waals surface area contributed by atoms with E-state index in [1.807, 2.05) is 0 Å². The number of nitrogens with zero attached hydrogens (tertiary/aromatic N) is 1. The van der Waals surface area contributed by atoms with E-state index in [1.165, 1.54) is 12.5 Å². The lowest BCUT2D eigenvalue weighted by atomic mass is 10.1.